The van der Waals surface area contributed by atoms with Crippen LogP contribution in [0.3, 0.4) is 0 Å². The van der Waals surface area contributed by atoms with E-state index in [0.29, 0.717) is 0 Å². The number of halogens is 2. The molecule has 3 unspecified atom stereocenters. The largest absolute Gasteiger partial charge is 0.479 e. The van der Waals surface area contributed by atoms with Crippen molar-refractivity contribution in [2.45, 2.75) is 37.1 Å². The zero-order chi connectivity index (χ0) is 25.4. The second kappa shape index (κ2) is 9.49. The summed E-state index contributed by atoms with van der Waals surface area (Å²) in [5.41, 5.74) is 11.5. The van der Waals surface area contributed by atoms with Gasteiger partial charge in [-0.2, -0.15) is 8.78 Å². The molecule has 186 valence electrons. The van der Waals surface area contributed by atoms with Crippen LogP contribution in [-0.4, -0.2) is 48.4 Å². The van der Waals surface area contributed by atoms with E-state index in [0.717, 1.165) is 10.8 Å². The van der Waals surface area contributed by atoms with Gasteiger partial charge >= 0.3 is 34.0 Å². The Morgan fingerprint density at radius 3 is 2.55 bits per heavy atom. The van der Waals surface area contributed by atoms with Crippen LogP contribution in [0.25, 0.3) is 10.4 Å². The number of aromatic amines is 1. The van der Waals surface area contributed by atoms with Crippen molar-refractivity contribution in [3.63, 3.8) is 0 Å². The number of aryl methyl sites for hydroxylation is 1. The van der Waals surface area contributed by atoms with Crippen LogP contribution in [0.4, 0.5) is 8.78 Å². The van der Waals surface area contributed by atoms with Crippen molar-refractivity contribution in [1.29, 1.82) is 0 Å². The number of hydrogen-bond donors (Lipinski definition) is 5. The van der Waals surface area contributed by atoms with Crippen molar-refractivity contribution in [3.05, 3.63) is 43.0 Å². The van der Waals surface area contributed by atoms with E-state index in [1.807, 2.05) is 4.98 Å². The first kappa shape index (κ1) is 27.5. The van der Waals surface area contributed by atoms with Crippen LogP contribution in [0, 0.1) is 6.92 Å². The Balaban J connectivity index is 2.19. The van der Waals surface area contributed by atoms with Crippen molar-refractivity contribution in [1.82, 2.24) is 9.55 Å². The van der Waals surface area contributed by atoms with Crippen LogP contribution < -0.4 is 16.8 Å². The van der Waals surface area contributed by atoms with Crippen LogP contribution in [0.15, 0.2) is 20.9 Å². The van der Waals surface area contributed by atoms with E-state index in [9.17, 15) is 41.9 Å². The maximum absolute atomic E-state index is 13.6. The normalized spacial score (nSPS) is 26.6. The van der Waals surface area contributed by atoms with Gasteiger partial charge in [-0.15, -0.1) is 0 Å². The number of phosphoric acid groups is 1. The van der Waals surface area contributed by atoms with Crippen molar-refractivity contribution in [2.24, 2.45) is 10.6 Å². The summed E-state index contributed by atoms with van der Waals surface area (Å²) in [5.74, 6) is 0. The number of nitrogens with two attached hydrogens (primary N) is 1. The van der Waals surface area contributed by atoms with Crippen molar-refractivity contribution >= 4 is 22.9 Å². The molecular weight excluding hydrogens is 523 g/mol. The Hall–Kier alpha value is -1.74. The van der Waals surface area contributed by atoms with Crippen LogP contribution in [-0.2, 0) is 27.3 Å². The molecule has 0 bridgehead atoms. The molecule has 17 nitrogen and oxygen atoms in total. The Bertz CT molecular complexity index is 1220. The number of hydrogen-bond acceptors (Lipinski definition) is 9. The summed E-state index contributed by atoms with van der Waals surface area (Å²) >= 11 is 0. The molecule has 0 amide bonds. The van der Waals surface area contributed by atoms with Gasteiger partial charge in [-0.3, -0.25) is 33.5 Å². The van der Waals surface area contributed by atoms with Gasteiger partial charge in [0, 0.05) is 23.1 Å². The lowest BCUT2D eigenvalue weighted by molar-refractivity contribution is -0.0268. The number of nitrogens with zero attached hydrogens (tertiary/aromatic N) is 4. The summed E-state index contributed by atoms with van der Waals surface area (Å²) in [6, 6.07) is -1.15. The topological polar surface area (TPSA) is 269 Å². The summed E-state index contributed by atoms with van der Waals surface area (Å²) < 4.78 is 75.8. The Morgan fingerprint density at radius 1 is 1.39 bits per heavy atom. The average Bonchev–Trinajstić information content (AvgIpc) is 3.04. The predicted octanol–water partition coefficient (Wildman–Crippen LogP) is 0.825. The number of alkyl halides is 2. The van der Waals surface area contributed by atoms with Crippen molar-refractivity contribution < 1.29 is 50.7 Å². The summed E-state index contributed by atoms with van der Waals surface area (Å²) in [4.78, 5) is 55.5. The maximum atomic E-state index is 13.6. The molecule has 1 fully saturated rings. The third-order valence-corrected chi connectivity index (χ3v) is 9.46. The van der Waals surface area contributed by atoms with E-state index in [1.165, 1.54) is 6.92 Å². The Kier molecular flexibility index (Phi) is 7.91. The highest BCUT2D eigenvalue weighted by Crippen LogP contribution is 2.76. The summed E-state index contributed by atoms with van der Waals surface area (Å²) in [7, 11) is -18.5. The second-order valence-electron chi connectivity index (χ2n) is 6.61. The molecule has 0 radical (unpaired) electrons. The molecule has 2 rings (SSSR count). The van der Waals surface area contributed by atoms with Gasteiger partial charge in [-0.25, -0.2) is 13.7 Å². The van der Waals surface area contributed by atoms with Gasteiger partial charge < -0.3 is 19.4 Å². The zero-order valence-electron chi connectivity index (χ0n) is 16.3. The first-order chi connectivity index (χ1) is 14.9. The minimum atomic E-state index is -6.62. The van der Waals surface area contributed by atoms with Gasteiger partial charge in [0.1, 0.15) is 6.23 Å². The number of phosphoric ester groups is 1. The van der Waals surface area contributed by atoms with E-state index < -0.39 is 64.6 Å². The standard InChI is InChI=1S/C11H17F2N6O11P3/c1-5-3-19(10(21)16-9(5)20)8-2-6(17-18-14)7(29-8)4-28-33(26,27)30-32(24,25)11(12,13)31(15,22)23/h3,6-8H,2,4H2,1H3,(H,24,25)(H,26,27)(H3,15,22,23)(H,16,20,21)/t6-,7+,8+/m1/s1. The molecular formula is C11H17F2N6O11P3. The fourth-order valence-corrected chi connectivity index (χ4v) is 6.40. The summed E-state index contributed by atoms with van der Waals surface area (Å²) in [6.07, 6.45) is -1.63. The molecule has 0 saturated carbocycles. The first-order valence-corrected chi connectivity index (χ1v) is 13.2. The van der Waals surface area contributed by atoms with Crippen molar-refractivity contribution in [3.8, 4) is 0 Å². The maximum Gasteiger partial charge on any atom is 0.479 e. The molecule has 1 aromatic rings. The SMILES string of the molecule is Cc1cn([C@@H]2C[C@@H](N=[N+]=[N-])[C@H](COP(=O)(O)OP(=O)(O)C(F)(F)P(N)(=O)O)O2)c(=O)[nH]c1=O. The number of azide groups is 1. The molecule has 1 aliphatic heterocycles. The molecule has 22 heteroatoms. The molecule has 2 heterocycles. The highest BCUT2D eigenvalue weighted by atomic mass is 31.3. The summed E-state index contributed by atoms with van der Waals surface area (Å²) in [6.45, 7) is 0.334. The van der Waals surface area contributed by atoms with E-state index in [1.54, 1.807) is 0 Å². The number of rotatable bonds is 9. The highest BCUT2D eigenvalue weighted by Gasteiger charge is 2.65. The number of aromatic nitrogens is 2. The molecule has 1 saturated heterocycles. The van der Waals surface area contributed by atoms with Gasteiger partial charge in [-0.1, -0.05) is 5.11 Å². The highest BCUT2D eigenvalue weighted by molar-refractivity contribution is 7.76. The molecule has 0 aliphatic carbocycles. The third kappa shape index (κ3) is 6.04. The van der Waals surface area contributed by atoms with E-state index in [-0.39, 0.29) is 12.0 Å². The van der Waals surface area contributed by atoms with Crippen LogP contribution >= 0.6 is 22.9 Å². The monoisotopic (exact) mass is 540 g/mol. The minimum absolute atomic E-state index is 0.118. The van der Waals surface area contributed by atoms with Gasteiger partial charge in [0.25, 0.3) is 5.56 Å². The zero-order valence-corrected chi connectivity index (χ0v) is 19.0. The fraction of sp³-hybridized carbons (Fsp3) is 0.636. The molecule has 0 aromatic carbocycles. The van der Waals surface area contributed by atoms with Crippen LogP contribution in [0.1, 0.15) is 18.2 Å². The first-order valence-electron chi connectivity index (χ1n) is 8.44. The van der Waals surface area contributed by atoms with Crippen molar-refractivity contribution in [2.75, 3.05) is 6.61 Å². The van der Waals surface area contributed by atoms with Crippen LogP contribution in [0.5, 0.6) is 0 Å². The lowest BCUT2D eigenvalue weighted by Gasteiger charge is -2.25. The van der Waals surface area contributed by atoms with E-state index in [4.69, 9.17) is 15.2 Å². The van der Waals surface area contributed by atoms with Gasteiger partial charge in [0.05, 0.1) is 18.8 Å². The van der Waals surface area contributed by atoms with E-state index in [2.05, 4.69) is 24.4 Å². The molecule has 1 aliphatic rings. The lowest BCUT2D eigenvalue weighted by Crippen LogP contribution is -2.33. The summed E-state index contributed by atoms with van der Waals surface area (Å²) in [5, 5.41) is -2.14. The van der Waals surface area contributed by atoms with Gasteiger partial charge in [0.2, 0.25) is 0 Å². The predicted molar refractivity (Wildman–Crippen MR) is 103 cm³/mol. The van der Waals surface area contributed by atoms with Gasteiger partial charge in [0.15, 0.2) is 0 Å². The quantitative estimate of drug-likeness (QED) is 0.126. The Labute approximate surface area is 181 Å². The number of H-pyrrole nitrogens is 1. The molecule has 0 spiro atoms. The van der Waals surface area contributed by atoms with Gasteiger partial charge in [-0.05, 0) is 12.5 Å². The molecule has 6 N–H and O–H groups in total. The Morgan fingerprint density at radius 2 is 2.00 bits per heavy atom. The number of ether oxygens (including phenoxy) is 1. The molecule has 33 heavy (non-hydrogen) atoms. The number of nitrogens with one attached hydrogen (secondary N) is 1. The molecule has 6 atom stereocenters. The lowest BCUT2D eigenvalue weighted by atomic mass is 10.1. The third-order valence-electron chi connectivity index (χ3n) is 4.20. The molecule has 1 aromatic heterocycles. The fourth-order valence-electron chi connectivity index (χ4n) is 2.59. The van der Waals surface area contributed by atoms with E-state index >= 15 is 0 Å². The minimum Gasteiger partial charge on any atom is -0.352 e. The smallest absolute Gasteiger partial charge is 0.352 e. The second-order valence-corrected chi connectivity index (χ2v) is 12.2. The average molecular weight is 540 g/mol. The van der Waals surface area contributed by atoms with Crippen LogP contribution in [0.2, 0.25) is 0 Å².